The Morgan fingerprint density at radius 2 is 1.94 bits per heavy atom. The first-order chi connectivity index (χ1) is 15.8. The number of aromatic carboxylic acids is 1. The minimum atomic E-state index is -1.23. The van der Waals surface area contributed by atoms with Crippen molar-refractivity contribution in [2.45, 2.75) is 11.7 Å². The van der Waals surface area contributed by atoms with Crippen LogP contribution in [0, 0.1) is 0 Å². The summed E-state index contributed by atoms with van der Waals surface area (Å²) in [5.41, 5.74) is 0.661. The minimum absolute atomic E-state index is 0.0527. The molecular formula is C21H19ClN4O6S. The first kappa shape index (κ1) is 24.1. The van der Waals surface area contributed by atoms with Gasteiger partial charge in [0.2, 0.25) is 11.8 Å². The number of rotatable bonds is 8. The molecule has 3 N–H and O–H groups in total. The number of nitrogens with zero attached hydrogens (tertiary/aromatic N) is 2. The van der Waals surface area contributed by atoms with Crippen molar-refractivity contribution < 1.29 is 29.0 Å². The van der Waals surface area contributed by atoms with E-state index in [1.807, 2.05) is 0 Å². The van der Waals surface area contributed by atoms with Gasteiger partial charge in [0.25, 0.3) is 0 Å². The van der Waals surface area contributed by atoms with Gasteiger partial charge < -0.3 is 25.2 Å². The number of carboxylic acid groups (broad SMARTS) is 1. The number of halogens is 1. The molecule has 3 rings (SSSR count). The molecule has 0 spiro atoms. The molecule has 0 bridgehead atoms. The van der Waals surface area contributed by atoms with Crippen LogP contribution in [0.5, 0.6) is 11.5 Å². The zero-order valence-electron chi connectivity index (χ0n) is 17.5. The lowest BCUT2D eigenvalue weighted by Gasteiger charge is -2.11. The van der Waals surface area contributed by atoms with Crippen molar-refractivity contribution in [3.8, 4) is 11.5 Å². The molecule has 0 radical (unpaired) electrons. The first-order valence-electron chi connectivity index (χ1n) is 9.44. The molecule has 0 aliphatic carbocycles. The summed E-state index contributed by atoms with van der Waals surface area (Å²) in [6, 6.07) is 9.64. The zero-order valence-corrected chi connectivity index (χ0v) is 19.1. The fourth-order valence-corrected chi connectivity index (χ4v) is 3.96. The second kappa shape index (κ2) is 10.8. The van der Waals surface area contributed by atoms with E-state index in [4.69, 9.17) is 21.1 Å². The molecule has 10 nitrogen and oxygen atoms in total. The van der Waals surface area contributed by atoms with Gasteiger partial charge in [0.05, 0.1) is 20.4 Å². The molecule has 1 saturated heterocycles. The Morgan fingerprint density at radius 3 is 2.58 bits per heavy atom. The molecule has 1 fully saturated rings. The van der Waals surface area contributed by atoms with Crippen molar-refractivity contribution >= 4 is 58.2 Å². The van der Waals surface area contributed by atoms with E-state index < -0.39 is 11.2 Å². The smallest absolute Gasteiger partial charge is 0.340 e. The Balaban J connectivity index is 1.67. The van der Waals surface area contributed by atoms with Crippen LogP contribution >= 0.6 is 23.4 Å². The number of amidine groups is 1. The molecule has 33 heavy (non-hydrogen) atoms. The number of carboxylic acids is 1. The molecule has 1 aliphatic heterocycles. The van der Waals surface area contributed by atoms with E-state index in [-0.39, 0.29) is 46.0 Å². The summed E-state index contributed by atoms with van der Waals surface area (Å²) in [6.07, 6.45) is 1.16. The van der Waals surface area contributed by atoms with Gasteiger partial charge in [-0.2, -0.15) is 5.10 Å². The van der Waals surface area contributed by atoms with E-state index in [2.05, 4.69) is 20.8 Å². The number of ether oxygens (including phenoxy) is 2. The predicted octanol–water partition coefficient (Wildman–Crippen LogP) is 3.01. The predicted molar refractivity (Wildman–Crippen MR) is 126 cm³/mol. The number of carbonyl (C=O) groups is 3. The fraction of sp³-hybridized carbons (Fsp3) is 0.190. The summed E-state index contributed by atoms with van der Waals surface area (Å²) in [5, 5.41) is 22.6. The quantitative estimate of drug-likeness (QED) is 0.382. The number of amides is 2. The molecule has 0 saturated carbocycles. The highest BCUT2D eigenvalue weighted by Gasteiger charge is 2.32. The molecule has 172 valence electrons. The Morgan fingerprint density at radius 1 is 1.21 bits per heavy atom. The maximum Gasteiger partial charge on any atom is 0.340 e. The lowest BCUT2D eigenvalue weighted by atomic mass is 10.1. The largest absolute Gasteiger partial charge is 0.493 e. The van der Waals surface area contributed by atoms with Crippen LogP contribution in [0.3, 0.4) is 0 Å². The summed E-state index contributed by atoms with van der Waals surface area (Å²) in [7, 11) is 2.73. The van der Waals surface area contributed by atoms with E-state index >= 15 is 0 Å². The van der Waals surface area contributed by atoms with E-state index in [1.54, 1.807) is 30.3 Å². The highest BCUT2D eigenvalue weighted by molar-refractivity contribution is 8.15. The highest BCUT2D eigenvalue weighted by Crippen LogP contribution is 2.33. The standard InChI is InChI=1S/C21H19ClN4O6S/c1-31-14-8-3-11(17(20(29)30)18(14)32-2)10-23-26-21-25-19(28)15(33-21)9-16(27)24-13-6-4-12(22)5-7-13/h3-8,10,15H,9H2,1-2H3,(H,24,27)(H,29,30)(H,25,26,28). The number of thioether (sulfide) groups is 1. The third-order valence-electron chi connectivity index (χ3n) is 4.41. The topological polar surface area (TPSA) is 139 Å². The number of nitrogens with one attached hydrogen (secondary N) is 2. The molecule has 12 heteroatoms. The van der Waals surface area contributed by atoms with E-state index in [9.17, 15) is 19.5 Å². The van der Waals surface area contributed by atoms with Gasteiger partial charge in [0.1, 0.15) is 10.8 Å². The molecule has 1 unspecified atom stereocenters. The molecule has 0 aromatic heterocycles. The Bertz CT molecular complexity index is 1140. The van der Waals surface area contributed by atoms with Crippen molar-refractivity contribution in [1.29, 1.82) is 0 Å². The molecule has 1 atom stereocenters. The van der Waals surface area contributed by atoms with Crippen molar-refractivity contribution in [3.63, 3.8) is 0 Å². The summed E-state index contributed by atoms with van der Waals surface area (Å²) in [4.78, 5) is 36.1. The second-order valence-corrected chi connectivity index (χ2v) is 8.20. The number of benzene rings is 2. The summed E-state index contributed by atoms with van der Waals surface area (Å²) in [6.45, 7) is 0. The van der Waals surface area contributed by atoms with Gasteiger partial charge in [-0.15, -0.1) is 5.10 Å². The van der Waals surface area contributed by atoms with Gasteiger partial charge >= 0.3 is 5.97 Å². The van der Waals surface area contributed by atoms with Crippen molar-refractivity contribution in [3.05, 3.63) is 52.5 Å². The summed E-state index contributed by atoms with van der Waals surface area (Å²) < 4.78 is 10.3. The van der Waals surface area contributed by atoms with Crippen molar-refractivity contribution in [2.75, 3.05) is 19.5 Å². The summed E-state index contributed by atoms with van der Waals surface area (Å²) >= 11 is 6.87. The van der Waals surface area contributed by atoms with Crippen LogP contribution in [-0.4, -0.2) is 53.7 Å². The van der Waals surface area contributed by atoms with Crippen LogP contribution in [0.4, 0.5) is 5.69 Å². The fourth-order valence-electron chi connectivity index (χ4n) is 2.91. The van der Waals surface area contributed by atoms with Gasteiger partial charge in [-0.3, -0.25) is 9.59 Å². The lowest BCUT2D eigenvalue weighted by molar-refractivity contribution is -0.122. The van der Waals surface area contributed by atoms with Crippen LogP contribution < -0.4 is 20.1 Å². The average Bonchev–Trinajstić information content (AvgIpc) is 3.13. The van der Waals surface area contributed by atoms with Gasteiger partial charge in [-0.25, -0.2) is 4.79 Å². The van der Waals surface area contributed by atoms with E-state index in [0.29, 0.717) is 10.7 Å². The van der Waals surface area contributed by atoms with Gasteiger partial charge in [-0.05, 0) is 36.4 Å². The number of carbonyl (C=O) groups excluding carboxylic acids is 2. The van der Waals surface area contributed by atoms with Crippen LogP contribution in [0.25, 0.3) is 0 Å². The Hall–Kier alpha value is -3.57. The average molecular weight is 491 g/mol. The second-order valence-electron chi connectivity index (χ2n) is 6.58. The highest BCUT2D eigenvalue weighted by atomic mass is 35.5. The number of hydrogen-bond acceptors (Lipinski definition) is 8. The first-order valence-corrected chi connectivity index (χ1v) is 10.7. The monoisotopic (exact) mass is 490 g/mol. The van der Waals surface area contributed by atoms with Crippen LogP contribution in [0.15, 0.2) is 46.6 Å². The maximum atomic E-state index is 12.2. The van der Waals surface area contributed by atoms with Gasteiger partial charge in [0, 0.05) is 22.7 Å². The SMILES string of the molecule is COc1ccc(C=NN=C2NC(=O)C(CC(=O)Nc3ccc(Cl)cc3)S2)c(C(=O)O)c1OC. The van der Waals surface area contributed by atoms with Crippen molar-refractivity contribution in [2.24, 2.45) is 10.2 Å². The Kier molecular flexibility index (Phi) is 7.91. The molecular weight excluding hydrogens is 472 g/mol. The lowest BCUT2D eigenvalue weighted by Crippen LogP contribution is -2.28. The van der Waals surface area contributed by atoms with Crippen LogP contribution in [0.1, 0.15) is 22.3 Å². The number of anilines is 1. The molecule has 2 aromatic carbocycles. The third-order valence-corrected chi connectivity index (χ3v) is 5.74. The van der Waals surface area contributed by atoms with E-state index in [1.165, 1.54) is 26.5 Å². The minimum Gasteiger partial charge on any atom is -0.493 e. The Labute approximate surface area is 198 Å². The van der Waals surface area contributed by atoms with E-state index in [0.717, 1.165) is 11.8 Å². The summed E-state index contributed by atoms with van der Waals surface area (Å²) in [5.74, 6) is -1.63. The molecule has 1 heterocycles. The molecule has 2 aromatic rings. The number of hydrogen-bond donors (Lipinski definition) is 3. The van der Waals surface area contributed by atoms with Gasteiger partial charge in [-0.1, -0.05) is 23.4 Å². The molecule has 1 aliphatic rings. The third kappa shape index (κ3) is 6.02. The van der Waals surface area contributed by atoms with Crippen LogP contribution in [0.2, 0.25) is 5.02 Å². The van der Waals surface area contributed by atoms with Crippen LogP contribution in [-0.2, 0) is 9.59 Å². The maximum absolute atomic E-state index is 12.2. The normalized spacial score (nSPS) is 16.6. The molecule has 2 amide bonds. The van der Waals surface area contributed by atoms with Gasteiger partial charge in [0.15, 0.2) is 16.7 Å². The van der Waals surface area contributed by atoms with Crippen molar-refractivity contribution in [1.82, 2.24) is 5.32 Å². The zero-order chi connectivity index (χ0) is 24.0. The number of methoxy groups -OCH3 is 2.